The standard InChI is InChI=1S/C14H22N4O/c1-10(2)12(15)14(19)17-11-6-5-7-16-13(11)18-8-3-4-9-18/h5-7,10,12H,3-4,8-9,15H2,1-2H3,(H,17,19)/t12-/m0/s1. The second-order valence-electron chi connectivity index (χ2n) is 5.33. The summed E-state index contributed by atoms with van der Waals surface area (Å²) in [4.78, 5) is 18.6. The lowest BCUT2D eigenvalue weighted by atomic mass is 10.1. The van der Waals surface area contributed by atoms with Crippen molar-refractivity contribution in [1.82, 2.24) is 4.98 Å². The summed E-state index contributed by atoms with van der Waals surface area (Å²) in [7, 11) is 0. The fourth-order valence-electron chi connectivity index (χ4n) is 2.19. The SMILES string of the molecule is CC(C)[C@H](N)C(=O)Nc1cccnc1N1CCCC1. The molecule has 3 N–H and O–H groups in total. The molecule has 0 aromatic carbocycles. The summed E-state index contributed by atoms with van der Waals surface area (Å²) in [6.07, 6.45) is 4.11. The third kappa shape index (κ3) is 3.23. The number of nitrogens with two attached hydrogens (primary N) is 1. The molecule has 0 saturated carbocycles. The Morgan fingerprint density at radius 3 is 2.74 bits per heavy atom. The van der Waals surface area contributed by atoms with E-state index in [2.05, 4.69) is 15.2 Å². The molecule has 5 nitrogen and oxygen atoms in total. The van der Waals surface area contributed by atoms with Gasteiger partial charge in [0.2, 0.25) is 5.91 Å². The summed E-state index contributed by atoms with van der Waals surface area (Å²) in [5.74, 6) is 0.819. The largest absolute Gasteiger partial charge is 0.355 e. The van der Waals surface area contributed by atoms with Crippen LogP contribution in [0.1, 0.15) is 26.7 Å². The first-order valence-corrected chi connectivity index (χ1v) is 6.86. The monoisotopic (exact) mass is 262 g/mol. The Kier molecular flexibility index (Phi) is 4.37. The van der Waals surface area contributed by atoms with Gasteiger partial charge in [-0.05, 0) is 30.9 Å². The minimum atomic E-state index is -0.494. The van der Waals surface area contributed by atoms with Crippen LogP contribution in [0.3, 0.4) is 0 Å². The molecule has 1 atom stereocenters. The average Bonchev–Trinajstić information content (AvgIpc) is 2.92. The van der Waals surface area contributed by atoms with Gasteiger partial charge >= 0.3 is 0 Å². The summed E-state index contributed by atoms with van der Waals surface area (Å²) in [6.45, 7) is 5.87. The van der Waals surface area contributed by atoms with Gasteiger partial charge in [-0.2, -0.15) is 0 Å². The van der Waals surface area contributed by atoms with Crippen LogP contribution in [-0.4, -0.2) is 30.0 Å². The van der Waals surface area contributed by atoms with E-state index in [9.17, 15) is 4.79 Å². The van der Waals surface area contributed by atoms with Crippen molar-refractivity contribution in [3.63, 3.8) is 0 Å². The maximum Gasteiger partial charge on any atom is 0.241 e. The van der Waals surface area contributed by atoms with Gasteiger partial charge in [-0.1, -0.05) is 13.8 Å². The average molecular weight is 262 g/mol. The van der Waals surface area contributed by atoms with Crippen LogP contribution in [0.2, 0.25) is 0 Å². The van der Waals surface area contributed by atoms with Crippen LogP contribution in [0, 0.1) is 5.92 Å². The minimum Gasteiger partial charge on any atom is -0.355 e. The third-order valence-electron chi connectivity index (χ3n) is 3.47. The van der Waals surface area contributed by atoms with Crippen molar-refractivity contribution in [2.24, 2.45) is 11.7 Å². The van der Waals surface area contributed by atoms with E-state index in [1.54, 1.807) is 6.20 Å². The Labute approximate surface area is 114 Å². The number of aromatic nitrogens is 1. The summed E-state index contributed by atoms with van der Waals surface area (Å²) in [5.41, 5.74) is 6.62. The minimum absolute atomic E-state index is 0.118. The van der Waals surface area contributed by atoms with Crippen molar-refractivity contribution >= 4 is 17.4 Å². The van der Waals surface area contributed by atoms with E-state index < -0.39 is 6.04 Å². The van der Waals surface area contributed by atoms with Gasteiger partial charge < -0.3 is 16.0 Å². The van der Waals surface area contributed by atoms with Crippen molar-refractivity contribution in [2.75, 3.05) is 23.3 Å². The molecule has 1 saturated heterocycles. The Balaban J connectivity index is 2.13. The number of nitrogens with one attached hydrogen (secondary N) is 1. The lowest BCUT2D eigenvalue weighted by molar-refractivity contribution is -0.118. The van der Waals surface area contributed by atoms with Gasteiger partial charge in [0, 0.05) is 19.3 Å². The quantitative estimate of drug-likeness (QED) is 0.864. The lowest BCUT2D eigenvalue weighted by Gasteiger charge is -2.21. The summed E-state index contributed by atoms with van der Waals surface area (Å²) in [6, 6.07) is 3.22. The van der Waals surface area contributed by atoms with E-state index in [1.165, 1.54) is 12.8 Å². The van der Waals surface area contributed by atoms with Crippen molar-refractivity contribution in [3.8, 4) is 0 Å². The molecule has 2 heterocycles. The molecule has 0 aliphatic carbocycles. The van der Waals surface area contributed by atoms with Gasteiger partial charge in [0.05, 0.1) is 11.7 Å². The van der Waals surface area contributed by atoms with Crippen LogP contribution in [0.4, 0.5) is 11.5 Å². The first kappa shape index (κ1) is 13.8. The van der Waals surface area contributed by atoms with Gasteiger partial charge in [0.1, 0.15) is 0 Å². The van der Waals surface area contributed by atoms with E-state index in [-0.39, 0.29) is 11.8 Å². The molecule has 1 fully saturated rings. The van der Waals surface area contributed by atoms with E-state index in [0.717, 1.165) is 24.6 Å². The number of amides is 1. The molecule has 0 radical (unpaired) electrons. The molecule has 2 rings (SSSR count). The first-order valence-electron chi connectivity index (χ1n) is 6.86. The highest BCUT2D eigenvalue weighted by molar-refractivity contribution is 5.97. The third-order valence-corrected chi connectivity index (χ3v) is 3.47. The number of carbonyl (C=O) groups is 1. The number of rotatable bonds is 4. The highest BCUT2D eigenvalue weighted by Gasteiger charge is 2.21. The molecule has 0 spiro atoms. The zero-order chi connectivity index (χ0) is 13.8. The summed E-state index contributed by atoms with van der Waals surface area (Å²) in [5, 5.41) is 2.90. The summed E-state index contributed by atoms with van der Waals surface area (Å²) < 4.78 is 0. The second kappa shape index (κ2) is 6.02. The normalized spacial score (nSPS) is 16.7. The van der Waals surface area contributed by atoms with E-state index in [1.807, 2.05) is 26.0 Å². The zero-order valence-electron chi connectivity index (χ0n) is 11.6. The highest BCUT2D eigenvalue weighted by Crippen LogP contribution is 2.26. The van der Waals surface area contributed by atoms with E-state index in [4.69, 9.17) is 5.73 Å². The number of hydrogen-bond donors (Lipinski definition) is 2. The van der Waals surface area contributed by atoms with Crippen molar-refractivity contribution in [3.05, 3.63) is 18.3 Å². The number of carbonyl (C=O) groups excluding carboxylic acids is 1. The van der Waals surface area contributed by atoms with Crippen molar-refractivity contribution in [1.29, 1.82) is 0 Å². The Morgan fingerprint density at radius 2 is 2.11 bits per heavy atom. The van der Waals surface area contributed by atoms with Gasteiger partial charge in [-0.3, -0.25) is 4.79 Å². The lowest BCUT2D eigenvalue weighted by Crippen LogP contribution is -2.40. The highest BCUT2D eigenvalue weighted by atomic mass is 16.2. The van der Waals surface area contributed by atoms with Crippen LogP contribution in [0.5, 0.6) is 0 Å². The topological polar surface area (TPSA) is 71.2 Å². The van der Waals surface area contributed by atoms with Crippen LogP contribution in [-0.2, 0) is 4.79 Å². The fourth-order valence-corrected chi connectivity index (χ4v) is 2.19. The number of hydrogen-bond acceptors (Lipinski definition) is 4. The number of pyridine rings is 1. The van der Waals surface area contributed by atoms with Crippen molar-refractivity contribution < 1.29 is 4.79 Å². The second-order valence-corrected chi connectivity index (χ2v) is 5.33. The smallest absolute Gasteiger partial charge is 0.241 e. The summed E-state index contributed by atoms with van der Waals surface area (Å²) >= 11 is 0. The fraction of sp³-hybridized carbons (Fsp3) is 0.571. The van der Waals surface area contributed by atoms with Gasteiger partial charge in [-0.25, -0.2) is 4.98 Å². The molecule has 1 aromatic heterocycles. The van der Waals surface area contributed by atoms with Crippen molar-refractivity contribution in [2.45, 2.75) is 32.7 Å². The Hall–Kier alpha value is -1.62. The Morgan fingerprint density at radius 1 is 1.42 bits per heavy atom. The molecular weight excluding hydrogens is 240 g/mol. The predicted molar refractivity (Wildman–Crippen MR) is 77.1 cm³/mol. The maximum absolute atomic E-state index is 12.0. The maximum atomic E-state index is 12.0. The molecular formula is C14H22N4O. The van der Waals surface area contributed by atoms with Crippen LogP contribution >= 0.6 is 0 Å². The number of nitrogens with zero attached hydrogens (tertiary/aromatic N) is 2. The van der Waals surface area contributed by atoms with E-state index in [0.29, 0.717) is 0 Å². The number of anilines is 2. The zero-order valence-corrected chi connectivity index (χ0v) is 11.6. The first-order chi connectivity index (χ1) is 9.09. The van der Waals surface area contributed by atoms with Gasteiger partial charge in [0.15, 0.2) is 5.82 Å². The molecule has 1 amide bonds. The Bertz CT molecular complexity index is 441. The van der Waals surface area contributed by atoms with Gasteiger partial charge in [-0.15, -0.1) is 0 Å². The molecule has 19 heavy (non-hydrogen) atoms. The molecule has 0 bridgehead atoms. The van der Waals surface area contributed by atoms with Gasteiger partial charge in [0.25, 0.3) is 0 Å². The van der Waals surface area contributed by atoms with Crippen LogP contribution in [0.25, 0.3) is 0 Å². The molecule has 0 unspecified atom stereocenters. The molecule has 1 aromatic rings. The molecule has 1 aliphatic rings. The van der Waals surface area contributed by atoms with E-state index >= 15 is 0 Å². The molecule has 5 heteroatoms. The molecule has 1 aliphatic heterocycles. The predicted octanol–water partition coefficient (Wildman–Crippen LogP) is 1.60. The van der Waals surface area contributed by atoms with Crippen LogP contribution < -0.4 is 16.0 Å². The molecule has 104 valence electrons. The van der Waals surface area contributed by atoms with Crippen LogP contribution in [0.15, 0.2) is 18.3 Å².